The van der Waals surface area contributed by atoms with Gasteiger partial charge in [0.2, 0.25) is 5.91 Å². The largest absolute Gasteiger partial charge is 0.483 e. The van der Waals surface area contributed by atoms with E-state index in [2.05, 4.69) is 24.1 Å². The number of fused-ring (bicyclic) bond motifs is 1. The van der Waals surface area contributed by atoms with Gasteiger partial charge >= 0.3 is 0 Å². The monoisotopic (exact) mass is 338 g/mol. The number of furan rings is 1. The molecule has 1 aromatic heterocycles. The fraction of sp³-hybridized carbons (Fsp3) is 0.647. The number of amides is 1. The second-order valence-corrected chi connectivity index (χ2v) is 6.44. The predicted molar refractivity (Wildman–Crippen MR) is 87.3 cm³/mol. The fourth-order valence-corrected chi connectivity index (χ4v) is 3.29. The van der Waals surface area contributed by atoms with E-state index in [9.17, 15) is 4.79 Å². The zero-order chi connectivity index (χ0) is 17.5. The van der Waals surface area contributed by atoms with Crippen molar-refractivity contribution in [1.29, 1.82) is 0 Å². The van der Waals surface area contributed by atoms with Crippen molar-refractivity contribution in [1.82, 2.24) is 10.2 Å². The quantitative estimate of drug-likeness (QED) is 0.808. The zero-order valence-electron chi connectivity index (χ0n) is 14.2. The Balaban J connectivity index is 0.000000647. The van der Waals surface area contributed by atoms with Crippen LogP contribution in [0.3, 0.4) is 0 Å². The number of hydrogen-bond acceptors (Lipinski definition) is 5. The molecule has 0 radical (unpaired) electrons. The first-order valence-electron chi connectivity index (χ1n) is 8.32. The van der Waals surface area contributed by atoms with Crippen LogP contribution in [0.2, 0.25) is 0 Å². The van der Waals surface area contributed by atoms with Crippen molar-refractivity contribution in [2.75, 3.05) is 13.1 Å². The molecular weight excluding hydrogens is 312 g/mol. The van der Waals surface area contributed by atoms with Crippen LogP contribution in [0.5, 0.6) is 0 Å². The topological polar surface area (TPSA) is 92.0 Å². The van der Waals surface area contributed by atoms with Crippen LogP contribution in [0.4, 0.5) is 0 Å². The highest BCUT2D eigenvalue weighted by Gasteiger charge is 2.42. The molecule has 2 aliphatic rings. The van der Waals surface area contributed by atoms with Gasteiger partial charge in [-0.25, -0.2) is 0 Å². The van der Waals surface area contributed by atoms with Crippen LogP contribution >= 0.6 is 0 Å². The minimum atomic E-state index is -0.304. The third kappa shape index (κ3) is 4.82. The molecule has 1 aromatic rings. The first-order chi connectivity index (χ1) is 11.5. The SMILES string of the molecule is CC(C)N1CC[C@@H]2C[C@@H](C(=O)NCc3ccco3)O[C@H]2C1.O=CO. The van der Waals surface area contributed by atoms with Crippen LogP contribution in [-0.2, 0) is 20.9 Å². The van der Waals surface area contributed by atoms with E-state index in [4.69, 9.17) is 19.1 Å². The predicted octanol–water partition coefficient (Wildman–Crippen LogP) is 1.48. The maximum atomic E-state index is 12.2. The molecule has 24 heavy (non-hydrogen) atoms. The van der Waals surface area contributed by atoms with Gasteiger partial charge in [-0.15, -0.1) is 0 Å². The molecule has 3 atom stereocenters. The number of ether oxygens (including phenoxy) is 1. The number of likely N-dealkylation sites (tertiary alicyclic amines) is 1. The number of carbonyl (C=O) groups excluding carboxylic acids is 1. The molecule has 2 aliphatic heterocycles. The summed E-state index contributed by atoms with van der Waals surface area (Å²) in [7, 11) is 0. The highest BCUT2D eigenvalue weighted by molar-refractivity contribution is 5.81. The van der Waals surface area contributed by atoms with Gasteiger partial charge in [0.15, 0.2) is 0 Å². The minimum Gasteiger partial charge on any atom is -0.483 e. The van der Waals surface area contributed by atoms with Crippen LogP contribution in [0.25, 0.3) is 0 Å². The molecule has 134 valence electrons. The number of rotatable bonds is 4. The summed E-state index contributed by atoms with van der Waals surface area (Å²) in [6.07, 6.45) is 3.50. The molecule has 0 unspecified atom stereocenters. The highest BCUT2D eigenvalue weighted by Crippen LogP contribution is 2.33. The van der Waals surface area contributed by atoms with Crippen molar-refractivity contribution in [3.63, 3.8) is 0 Å². The van der Waals surface area contributed by atoms with Crippen molar-refractivity contribution in [2.24, 2.45) is 5.92 Å². The Bertz CT molecular complexity index is 517. The van der Waals surface area contributed by atoms with Crippen LogP contribution in [0.15, 0.2) is 22.8 Å². The van der Waals surface area contributed by atoms with Crippen LogP contribution < -0.4 is 5.32 Å². The first kappa shape index (κ1) is 18.5. The lowest BCUT2D eigenvalue weighted by molar-refractivity contribution is -0.133. The Morgan fingerprint density at radius 1 is 1.54 bits per heavy atom. The lowest BCUT2D eigenvalue weighted by Gasteiger charge is -2.36. The number of hydrogen-bond donors (Lipinski definition) is 2. The van der Waals surface area contributed by atoms with E-state index in [1.165, 1.54) is 0 Å². The summed E-state index contributed by atoms with van der Waals surface area (Å²) in [5, 5.41) is 9.79. The minimum absolute atomic E-state index is 0.0168. The molecule has 0 spiro atoms. The third-order valence-corrected chi connectivity index (χ3v) is 4.62. The lowest BCUT2D eigenvalue weighted by Crippen LogP contribution is -2.45. The van der Waals surface area contributed by atoms with Gasteiger partial charge in [-0.1, -0.05) is 0 Å². The second kappa shape index (κ2) is 8.84. The van der Waals surface area contributed by atoms with E-state index in [0.29, 0.717) is 18.5 Å². The Morgan fingerprint density at radius 3 is 2.92 bits per heavy atom. The van der Waals surface area contributed by atoms with Crippen molar-refractivity contribution < 1.29 is 23.8 Å². The van der Waals surface area contributed by atoms with E-state index < -0.39 is 0 Å². The Labute approximate surface area is 142 Å². The number of carboxylic acid groups (broad SMARTS) is 1. The van der Waals surface area contributed by atoms with Crippen LogP contribution in [0, 0.1) is 5.92 Å². The van der Waals surface area contributed by atoms with Crippen molar-refractivity contribution >= 4 is 12.4 Å². The van der Waals surface area contributed by atoms with Crippen molar-refractivity contribution in [2.45, 2.75) is 51.5 Å². The smallest absolute Gasteiger partial charge is 0.290 e. The Hall–Kier alpha value is -1.86. The van der Waals surface area contributed by atoms with E-state index in [-0.39, 0.29) is 24.6 Å². The lowest BCUT2D eigenvalue weighted by atomic mass is 9.91. The van der Waals surface area contributed by atoms with Crippen molar-refractivity contribution in [3.8, 4) is 0 Å². The third-order valence-electron chi connectivity index (χ3n) is 4.62. The maximum Gasteiger partial charge on any atom is 0.290 e. The van der Waals surface area contributed by atoms with Gasteiger partial charge in [0.05, 0.1) is 18.9 Å². The molecule has 2 N–H and O–H groups in total. The average Bonchev–Trinajstić information content (AvgIpc) is 3.21. The van der Waals surface area contributed by atoms with E-state index in [1.54, 1.807) is 6.26 Å². The summed E-state index contributed by atoms with van der Waals surface area (Å²) in [6.45, 7) is 6.66. The van der Waals surface area contributed by atoms with Crippen LogP contribution in [-0.4, -0.2) is 53.7 Å². The molecule has 0 saturated carbocycles. The molecule has 3 rings (SSSR count). The molecular formula is C17H26N2O5. The molecule has 2 fully saturated rings. The molecule has 0 aromatic carbocycles. The standard InChI is InChI=1S/C16H24N2O3.CH2O2/c1-11(2)18-6-5-12-8-14(21-15(12)10-18)16(19)17-9-13-4-3-7-20-13;2-1-3/h3-4,7,11-12,14-15H,5-6,8-10H2,1-2H3,(H,17,19);1H,(H,2,3)/t12-,14+,15+;/m1./s1. The summed E-state index contributed by atoms with van der Waals surface area (Å²) >= 11 is 0. The number of nitrogens with one attached hydrogen (secondary N) is 1. The van der Waals surface area contributed by atoms with Gasteiger partial charge in [0, 0.05) is 12.6 Å². The zero-order valence-corrected chi connectivity index (χ0v) is 14.2. The van der Waals surface area contributed by atoms with Gasteiger partial charge in [-0.3, -0.25) is 14.5 Å². The summed E-state index contributed by atoms with van der Waals surface area (Å²) < 4.78 is 11.2. The Morgan fingerprint density at radius 2 is 2.29 bits per heavy atom. The van der Waals surface area contributed by atoms with Gasteiger partial charge < -0.3 is 19.6 Å². The highest BCUT2D eigenvalue weighted by atomic mass is 16.5. The van der Waals surface area contributed by atoms with E-state index in [1.807, 2.05) is 12.1 Å². The van der Waals surface area contributed by atoms with E-state index >= 15 is 0 Å². The summed E-state index contributed by atoms with van der Waals surface area (Å²) in [4.78, 5) is 23.0. The van der Waals surface area contributed by atoms with E-state index in [0.717, 1.165) is 31.7 Å². The molecule has 0 bridgehead atoms. The molecule has 1 amide bonds. The fourth-order valence-electron chi connectivity index (χ4n) is 3.29. The Kier molecular flexibility index (Phi) is 6.81. The molecule has 3 heterocycles. The summed E-state index contributed by atoms with van der Waals surface area (Å²) in [5.41, 5.74) is 0. The first-order valence-corrected chi connectivity index (χ1v) is 8.32. The molecule has 0 aliphatic carbocycles. The number of carbonyl (C=O) groups is 2. The number of nitrogens with zero attached hydrogens (tertiary/aromatic N) is 1. The van der Waals surface area contributed by atoms with Crippen molar-refractivity contribution in [3.05, 3.63) is 24.2 Å². The summed E-state index contributed by atoms with van der Waals surface area (Å²) in [5.74, 6) is 1.28. The average molecular weight is 338 g/mol. The van der Waals surface area contributed by atoms with Gasteiger partial charge in [-0.05, 0) is 51.3 Å². The maximum absolute atomic E-state index is 12.2. The van der Waals surface area contributed by atoms with Gasteiger partial charge in [-0.2, -0.15) is 0 Å². The van der Waals surface area contributed by atoms with Gasteiger partial charge in [0.1, 0.15) is 11.9 Å². The molecule has 7 heteroatoms. The molecule has 7 nitrogen and oxygen atoms in total. The molecule has 2 saturated heterocycles. The normalized spacial score (nSPS) is 26.4. The number of piperidine rings is 1. The van der Waals surface area contributed by atoms with Gasteiger partial charge in [0.25, 0.3) is 6.47 Å². The second-order valence-electron chi connectivity index (χ2n) is 6.44. The van der Waals surface area contributed by atoms with Crippen LogP contribution in [0.1, 0.15) is 32.4 Å². The summed E-state index contributed by atoms with van der Waals surface area (Å²) in [6, 6.07) is 4.22.